The normalized spacial score (nSPS) is 14.2. The van der Waals surface area contributed by atoms with E-state index in [0.717, 1.165) is 0 Å². The fourth-order valence-electron chi connectivity index (χ4n) is 0.821. The molecule has 0 aromatic heterocycles. The predicted molar refractivity (Wildman–Crippen MR) is 47.8 cm³/mol. The van der Waals surface area contributed by atoms with E-state index in [-0.39, 0.29) is 9.76 Å². The summed E-state index contributed by atoms with van der Waals surface area (Å²) in [6, 6.07) is 0. The fourth-order valence-corrected chi connectivity index (χ4v) is 4.99. The van der Waals surface area contributed by atoms with Crippen molar-refractivity contribution in [3.8, 4) is 0 Å². The molecule has 1 nitrogen and oxygen atoms in total. The van der Waals surface area contributed by atoms with Crippen LogP contribution in [-0.4, -0.2) is 18.1 Å². The van der Waals surface area contributed by atoms with Crippen LogP contribution in [0.4, 0.5) is 0 Å². The highest BCUT2D eigenvalue weighted by Gasteiger charge is 2.15. The molecule has 0 radical (unpaired) electrons. The van der Waals surface area contributed by atoms with Crippen LogP contribution >= 0.6 is 0 Å². The van der Waals surface area contributed by atoms with E-state index in [1.807, 2.05) is 0 Å². The molecular formula is C6H16OSi2. The summed E-state index contributed by atoms with van der Waals surface area (Å²) >= 11 is 0. The smallest absolute Gasteiger partial charge is 0.197 e. The van der Waals surface area contributed by atoms with Crippen LogP contribution in [0.15, 0.2) is 11.8 Å². The topological polar surface area (TPSA) is 9.23 Å². The average molecular weight is 160 g/mol. The van der Waals surface area contributed by atoms with Gasteiger partial charge in [-0.25, -0.2) is 0 Å². The third-order valence-corrected chi connectivity index (χ3v) is 6.35. The molecule has 0 saturated carbocycles. The molecule has 0 saturated heterocycles. The lowest BCUT2D eigenvalue weighted by Gasteiger charge is -2.16. The second-order valence-corrected chi connectivity index (χ2v) is 7.81. The van der Waals surface area contributed by atoms with Crippen LogP contribution in [0.3, 0.4) is 0 Å². The minimum Gasteiger partial charge on any atom is -0.458 e. The van der Waals surface area contributed by atoms with Crippen molar-refractivity contribution in [3.05, 3.63) is 11.8 Å². The lowest BCUT2D eigenvalue weighted by Crippen LogP contribution is -2.28. The second kappa shape index (κ2) is 4.03. The van der Waals surface area contributed by atoms with E-state index in [9.17, 15) is 0 Å². The van der Waals surface area contributed by atoms with Crippen molar-refractivity contribution in [2.75, 3.05) is 0 Å². The van der Waals surface area contributed by atoms with E-state index < -0.39 is 8.32 Å². The van der Waals surface area contributed by atoms with Crippen molar-refractivity contribution in [2.24, 2.45) is 0 Å². The summed E-state index contributed by atoms with van der Waals surface area (Å²) in [5.41, 5.74) is 2.23. The molecule has 0 amide bonds. The minimum absolute atomic E-state index is 0.200. The molecule has 0 heterocycles. The molecule has 0 bridgehead atoms. The minimum atomic E-state index is -1.32. The zero-order chi connectivity index (χ0) is 7.33. The van der Waals surface area contributed by atoms with Gasteiger partial charge >= 0.3 is 0 Å². The molecule has 0 atom stereocenters. The zero-order valence-electron chi connectivity index (χ0n) is 6.77. The number of allylic oxidation sites excluding steroid dienone is 1. The Morgan fingerprint density at radius 1 is 1.44 bits per heavy atom. The number of rotatable bonds is 3. The summed E-state index contributed by atoms with van der Waals surface area (Å²) in [7, 11) is -1.52. The molecule has 0 aliphatic carbocycles. The first kappa shape index (κ1) is 9.13. The molecule has 0 spiro atoms. The summed E-state index contributed by atoms with van der Waals surface area (Å²) in [5, 5.41) is 0. The Morgan fingerprint density at radius 2 is 2.00 bits per heavy atom. The third kappa shape index (κ3) is 4.63. The van der Waals surface area contributed by atoms with Gasteiger partial charge in [0.05, 0.1) is 0 Å². The van der Waals surface area contributed by atoms with Gasteiger partial charge in [0.25, 0.3) is 0 Å². The second-order valence-electron chi connectivity index (χ2n) is 2.54. The molecular weight excluding hydrogens is 144 g/mol. The van der Waals surface area contributed by atoms with Gasteiger partial charge in [-0.05, 0) is 20.0 Å². The van der Waals surface area contributed by atoms with Crippen LogP contribution in [0.25, 0.3) is 0 Å². The fraction of sp³-hybridized carbons (Fsp3) is 0.667. The Hall–Kier alpha value is 0.134. The maximum absolute atomic E-state index is 5.66. The van der Waals surface area contributed by atoms with E-state index in [1.54, 1.807) is 0 Å². The summed E-state index contributed by atoms with van der Waals surface area (Å²) in [6.45, 7) is 8.68. The Balaban J connectivity index is 3.70. The first-order valence-electron chi connectivity index (χ1n) is 3.40. The summed E-state index contributed by atoms with van der Waals surface area (Å²) in [4.78, 5) is 0. The van der Waals surface area contributed by atoms with Crippen molar-refractivity contribution in [3.63, 3.8) is 0 Å². The van der Waals surface area contributed by atoms with E-state index in [1.165, 1.54) is 0 Å². The van der Waals surface area contributed by atoms with Crippen LogP contribution in [0, 0.1) is 0 Å². The van der Waals surface area contributed by atoms with Gasteiger partial charge in [-0.1, -0.05) is 18.3 Å². The summed E-state index contributed by atoms with van der Waals surface area (Å²) in [5.74, 6) is 0. The van der Waals surface area contributed by atoms with Gasteiger partial charge in [-0.3, -0.25) is 0 Å². The van der Waals surface area contributed by atoms with Gasteiger partial charge < -0.3 is 4.12 Å². The van der Waals surface area contributed by atoms with Crippen LogP contribution in [-0.2, 0) is 4.12 Å². The summed E-state index contributed by atoms with van der Waals surface area (Å²) < 4.78 is 5.66. The van der Waals surface area contributed by atoms with Crippen molar-refractivity contribution in [1.29, 1.82) is 0 Å². The highest BCUT2D eigenvalue weighted by atomic mass is 28.4. The standard InChI is InChI=1S/C6H16OSi2/c1-5-6-9(3,4)7-8-2/h5-6H,8H2,1-4H3. The van der Waals surface area contributed by atoms with Crippen LogP contribution in [0.1, 0.15) is 6.92 Å². The molecule has 0 aliphatic heterocycles. The van der Waals surface area contributed by atoms with Crippen LogP contribution in [0.5, 0.6) is 0 Å². The zero-order valence-corrected chi connectivity index (χ0v) is 9.18. The molecule has 0 fully saturated rings. The molecule has 0 aromatic carbocycles. The quantitative estimate of drug-likeness (QED) is 0.568. The Kier molecular flexibility index (Phi) is 4.09. The molecule has 9 heavy (non-hydrogen) atoms. The maximum atomic E-state index is 5.66. The number of hydrogen-bond acceptors (Lipinski definition) is 1. The third-order valence-electron chi connectivity index (χ3n) is 1.08. The molecule has 0 N–H and O–H groups in total. The molecule has 3 heteroatoms. The average Bonchev–Trinajstić information content (AvgIpc) is 1.64. The molecule has 0 rings (SSSR count). The Morgan fingerprint density at radius 3 is 2.33 bits per heavy atom. The first-order chi connectivity index (χ1) is 4.12. The largest absolute Gasteiger partial charge is 0.458 e. The number of hydrogen-bond donors (Lipinski definition) is 0. The monoisotopic (exact) mass is 160 g/mol. The van der Waals surface area contributed by atoms with Crippen LogP contribution in [0.2, 0.25) is 19.6 Å². The van der Waals surface area contributed by atoms with Gasteiger partial charge in [0.15, 0.2) is 8.32 Å². The molecule has 54 valence electrons. The SMILES string of the molecule is CC=C[Si](C)(C)O[SiH2]C. The van der Waals surface area contributed by atoms with E-state index in [2.05, 4.69) is 38.3 Å². The van der Waals surface area contributed by atoms with Crippen molar-refractivity contribution in [2.45, 2.75) is 26.6 Å². The Labute approximate surface area is 61.2 Å². The molecule has 0 aliphatic rings. The van der Waals surface area contributed by atoms with Gasteiger partial charge in [-0.15, -0.1) is 0 Å². The first-order valence-corrected chi connectivity index (χ1v) is 8.38. The van der Waals surface area contributed by atoms with Gasteiger partial charge in [0, 0.05) is 0 Å². The van der Waals surface area contributed by atoms with E-state index in [4.69, 9.17) is 4.12 Å². The highest BCUT2D eigenvalue weighted by Crippen LogP contribution is 2.03. The van der Waals surface area contributed by atoms with Crippen molar-refractivity contribution >= 4 is 18.1 Å². The van der Waals surface area contributed by atoms with E-state index in [0.29, 0.717) is 0 Å². The lowest BCUT2D eigenvalue weighted by molar-refractivity contribution is 0.609. The molecule has 0 aromatic rings. The summed E-state index contributed by atoms with van der Waals surface area (Å²) in [6.07, 6.45) is 2.09. The maximum Gasteiger partial charge on any atom is 0.197 e. The van der Waals surface area contributed by atoms with E-state index >= 15 is 0 Å². The van der Waals surface area contributed by atoms with Gasteiger partial charge in [0.1, 0.15) is 9.76 Å². The lowest BCUT2D eigenvalue weighted by atomic mass is 10.8. The van der Waals surface area contributed by atoms with Crippen LogP contribution < -0.4 is 0 Å². The predicted octanol–water partition coefficient (Wildman–Crippen LogP) is 1.46. The van der Waals surface area contributed by atoms with Crippen molar-refractivity contribution < 1.29 is 4.12 Å². The molecule has 0 unspecified atom stereocenters. The van der Waals surface area contributed by atoms with Crippen molar-refractivity contribution in [1.82, 2.24) is 0 Å². The van der Waals surface area contributed by atoms with Gasteiger partial charge in [0.2, 0.25) is 0 Å². The Bertz CT molecular complexity index is 99.2. The highest BCUT2D eigenvalue weighted by molar-refractivity contribution is 6.79. The van der Waals surface area contributed by atoms with Gasteiger partial charge in [-0.2, -0.15) is 0 Å².